The predicted octanol–water partition coefficient (Wildman–Crippen LogP) is 1.64. The first kappa shape index (κ1) is 20.7. The molecular formula is C13H23N5O5. The summed E-state index contributed by atoms with van der Waals surface area (Å²) in [7, 11) is 0. The van der Waals surface area contributed by atoms with Crippen LogP contribution in [0.5, 0.6) is 0 Å². The second-order valence-electron chi connectivity index (χ2n) is 5.77. The summed E-state index contributed by atoms with van der Waals surface area (Å²) in [6.45, 7) is 4.46. The van der Waals surface area contributed by atoms with Gasteiger partial charge in [0, 0.05) is 4.91 Å². The predicted molar refractivity (Wildman–Crippen MR) is 81.4 cm³/mol. The first-order valence-electron chi connectivity index (χ1n) is 7.12. The van der Waals surface area contributed by atoms with Gasteiger partial charge < -0.3 is 15.6 Å². The summed E-state index contributed by atoms with van der Waals surface area (Å²) in [5.74, 6) is -2.28. The summed E-state index contributed by atoms with van der Waals surface area (Å²) >= 11 is 0. The Bertz CT molecular complexity index is 482. The molecule has 1 unspecified atom stereocenters. The number of ether oxygens (including phenoxy) is 1. The number of carbonyl (C=O) groups is 3. The first-order valence-corrected chi connectivity index (χ1v) is 7.12. The third kappa shape index (κ3) is 8.03. The minimum absolute atomic E-state index is 0.0355. The minimum atomic E-state index is -1.40. The van der Waals surface area contributed by atoms with E-state index in [9.17, 15) is 19.5 Å². The van der Waals surface area contributed by atoms with Crippen LogP contribution >= 0.6 is 0 Å². The number of nitrogens with zero attached hydrogens (tertiary/aromatic N) is 4. The molecule has 0 aromatic carbocycles. The molecule has 0 aliphatic heterocycles. The molecule has 10 nitrogen and oxygen atoms in total. The van der Waals surface area contributed by atoms with Crippen molar-refractivity contribution >= 4 is 18.0 Å². The van der Waals surface area contributed by atoms with Crippen molar-refractivity contribution in [2.24, 2.45) is 10.8 Å². The molecule has 10 heteroatoms. The minimum Gasteiger partial charge on any atom is -0.480 e. The van der Waals surface area contributed by atoms with Gasteiger partial charge >= 0.3 is 12.1 Å². The van der Waals surface area contributed by atoms with E-state index in [1.54, 1.807) is 20.8 Å². The van der Waals surface area contributed by atoms with Gasteiger partial charge in [0.05, 0.1) is 0 Å². The molecule has 0 bridgehead atoms. The van der Waals surface area contributed by atoms with Gasteiger partial charge in [-0.1, -0.05) is 5.11 Å². The topological polar surface area (TPSA) is 159 Å². The highest BCUT2D eigenvalue weighted by molar-refractivity contribution is 5.97. The Morgan fingerprint density at radius 1 is 1.35 bits per heavy atom. The maximum Gasteiger partial charge on any atom is 0.417 e. The van der Waals surface area contributed by atoms with Crippen LogP contribution in [0.4, 0.5) is 4.79 Å². The molecule has 23 heavy (non-hydrogen) atoms. The summed E-state index contributed by atoms with van der Waals surface area (Å²) in [5, 5.41) is 12.4. The molecule has 0 fully saturated rings. The fraction of sp³-hybridized carbons (Fsp3) is 0.769. The Morgan fingerprint density at radius 3 is 2.39 bits per heavy atom. The monoisotopic (exact) mass is 329 g/mol. The van der Waals surface area contributed by atoms with Crippen molar-refractivity contribution < 1.29 is 24.2 Å². The van der Waals surface area contributed by atoms with Gasteiger partial charge in [-0.15, -0.1) is 0 Å². The summed E-state index contributed by atoms with van der Waals surface area (Å²) in [5.41, 5.74) is 12.7. The van der Waals surface area contributed by atoms with Crippen LogP contribution in [0.15, 0.2) is 5.11 Å². The molecule has 3 N–H and O–H groups in total. The molecule has 0 saturated carbocycles. The summed E-state index contributed by atoms with van der Waals surface area (Å²) in [4.78, 5) is 38.7. The second-order valence-corrected chi connectivity index (χ2v) is 5.77. The smallest absolute Gasteiger partial charge is 0.417 e. The lowest BCUT2D eigenvalue weighted by Gasteiger charge is -2.29. The van der Waals surface area contributed by atoms with Crippen LogP contribution in [0.1, 0.15) is 40.0 Å². The largest absolute Gasteiger partial charge is 0.480 e. The van der Waals surface area contributed by atoms with Crippen LogP contribution in [-0.4, -0.2) is 52.7 Å². The lowest BCUT2D eigenvalue weighted by atomic mass is 10.1. The fourth-order valence-corrected chi connectivity index (χ4v) is 1.73. The molecule has 2 amide bonds. The average molecular weight is 329 g/mol. The number of nitrogens with two attached hydrogens (primary N) is 1. The maximum absolute atomic E-state index is 12.2. The van der Waals surface area contributed by atoms with Crippen molar-refractivity contribution in [3.63, 3.8) is 0 Å². The van der Waals surface area contributed by atoms with Gasteiger partial charge in [-0.2, -0.15) is 0 Å². The number of hydrogen-bond donors (Lipinski definition) is 2. The van der Waals surface area contributed by atoms with Gasteiger partial charge in [0.25, 0.3) is 0 Å². The lowest BCUT2D eigenvalue weighted by molar-refractivity contribution is -0.149. The third-order valence-electron chi connectivity index (χ3n) is 2.66. The number of amides is 2. The Balaban J connectivity index is 5.40. The van der Waals surface area contributed by atoms with E-state index in [2.05, 4.69) is 10.0 Å². The van der Waals surface area contributed by atoms with E-state index in [0.29, 0.717) is 24.3 Å². The number of carboxylic acid groups (broad SMARTS) is 1. The van der Waals surface area contributed by atoms with Gasteiger partial charge in [0.15, 0.2) is 0 Å². The van der Waals surface area contributed by atoms with E-state index < -0.39 is 36.2 Å². The summed E-state index contributed by atoms with van der Waals surface area (Å²) in [6.07, 6.45) is -0.0815. The highest BCUT2D eigenvalue weighted by atomic mass is 16.6. The Hall–Kier alpha value is -2.32. The van der Waals surface area contributed by atoms with Crippen molar-refractivity contribution in [1.82, 2.24) is 4.90 Å². The van der Waals surface area contributed by atoms with E-state index in [1.807, 2.05) is 0 Å². The van der Waals surface area contributed by atoms with E-state index in [1.165, 1.54) is 0 Å². The zero-order chi connectivity index (χ0) is 18.0. The first-order chi connectivity index (χ1) is 10.6. The van der Waals surface area contributed by atoms with Crippen LogP contribution in [-0.2, 0) is 14.3 Å². The second kappa shape index (κ2) is 9.65. The molecule has 130 valence electrons. The van der Waals surface area contributed by atoms with Gasteiger partial charge in [-0.05, 0) is 52.1 Å². The van der Waals surface area contributed by atoms with Gasteiger partial charge in [-0.3, -0.25) is 4.79 Å². The lowest BCUT2D eigenvalue weighted by Crippen LogP contribution is -2.51. The molecule has 0 aliphatic rings. The molecular weight excluding hydrogens is 306 g/mol. The van der Waals surface area contributed by atoms with Crippen molar-refractivity contribution in [3.8, 4) is 0 Å². The molecule has 0 aliphatic carbocycles. The van der Waals surface area contributed by atoms with Crippen molar-refractivity contribution in [2.45, 2.75) is 51.7 Å². The molecule has 0 spiro atoms. The molecule has 0 aromatic heterocycles. The number of imide groups is 1. The number of azide groups is 1. The van der Waals surface area contributed by atoms with E-state index in [0.717, 1.165) is 0 Å². The molecule has 0 radical (unpaired) electrons. The van der Waals surface area contributed by atoms with Crippen LogP contribution in [0.25, 0.3) is 10.4 Å². The molecule has 0 saturated heterocycles. The number of rotatable bonds is 8. The van der Waals surface area contributed by atoms with E-state index in [-0.39, 0.29) is 6.42 Å². The normalized spacial score (nSPS) is 12.0. The van der Waals surface area contributed by atoms with Crippen LogP contribution in [0.3, 0.4) is 0 Å². The number of carbonyl (C=O) groups excluding carboxylic acids is 2. The third-order valence-corrected chi connectivity index (χ3v) is 2.66. The Kier molecular flexibility index (Phi) is 8.67. The molecule has 0 heterocycles. The number of hydrogen-bond acceptors (Lipinski definition) is 6. The molecule has 0 aromatic rings. The Morgan fingerprint density at radius 2 is 1.96 bits per heavy atom. The summed E-state index contributed by atoms with van der Waals surface area (Å²) in [6, 6.07) is -1.40. The highest BCUT2D eigenvalue weighted by Crippen LogP contribution is 2.16. The fourth-order valence-electron chi connectivity index (χ4n) is 1.73. The van der Waals surface area contributed by atoms with Crippen molar-refractivity contribution in [1.29, 1.82) is 0 Å². The van der Waals surface area contributed by atoms with Crippen molar-refractivity contribution in [3.05, 3.63) is 10.4 Å². The summed E-state index contributed by atoms with van der Waals surface area (Å²) < 4.78 is 5.08. The SMILES string of the molecule is CC(C)(C)OC(=O)N(C(=O)CN=[N+]=[N-])C(CCCCN)C(=O)O. The highest BCUT2D eigenvalue weighted by Gasteiger charge is 2.36. The van der Waals surface area contributed by atoms with Crippen LogP contribution in [0.2, 0.25) is 0 Å². The molecule has 0 rings (SSSR count). The quantitative estimate of drug-likeness (QED) is 0.298. The zero-order valence-corrected chi connectivity index (χ0v) is 13.6. The number of carboxylic acids is 1. The molecule has 1 atom stereocenters. The Labute approximate surface area is 134 Å². The van der Waals surface area contributed by atoms with E-state index in [4.69, 9.17) is 16.0 Å². The van der Waals surface area contributed by atoms with Crippen molar-refractivity contribution in [2.75, 3.05) is 13.1 Å². The average Bonchev–Trinajstić information content (AvgIpc) is 2.41. The number of unbranched alkanes of at least 4 members (excludes halogenated alkanes) is 1. The standard InChI is InChI=1S/C13H23N5O5/c1-13(2,3)23-12(22)18(10(19)8-16-17-15)9(11(20)21)6-4-5-7-14/h9H,4-8,14H2,1-3H3,(H,20,21). The van der Waals surface area contributed by atoms with Gasteiger partial charge in [0.1, 0.15) is 18.2 Å². The number of aliphatic carboxylic acids is 1. The van der Waals surface area contributed by atoms with Gasteiger partial charge in [-0.25, -0.2) is 14.5 Å². The van der Waals surface area contributed by atoms with Crippen LogP contribution < -0.4 is 5.73 Å². The van der Waals surface area contributed by atoms with Crippen LogP contribution in [0, 0.1) is 0 Å². The maximum atomic E-state index is 12.2. The van der Waals surface area contributed by atoms with Gasteiger partial charge in [0.2, 0.25) is 5.91 Å². The zero-order valence-electron chi connectivity index (χ0n) is 13.6. The van der Waals surface area contributed by atoms with E-state index >= 15 is 0 Å².